The van der Waals surface area contributed by atoms with E-state index < -0.39 is 17.2 Å². The number of carbonyl (C=O) groups is 2. The van der Waals surface area contributed by atoms with Gasteiger partial charge in [-0.25, -0.2) is 8.78 Å². The van der Waals surface area contributed by atoms with Crippen LogP contribution in [0.5, 0.6) is 5.75 Å². The highest BCUT2D eigenvalue weighted by atomic mass is 32.2. The molecule has 1 heterocycles. The zero-order valence-corrected chi connectivity index (χ0v) is 20.6. The number of nitrogens with zero attached hydrogens (tertiary/aromatic N) is 1. The number of thioether (sulfide) groups is 1. The van der Waals surface area contributed by atoms with Crippen molar-refractivity contribution < 1.29 is 23.1 Å². The van der Waals surface area contributed by atoms with E-state index in [1.165, 1.54) is 28.8 Å². The number of rotatable bonds is 5. The molecule has 0 spiro atoms. The zero-order chi connectivity index (χ0) is 24.5. The van der Waals surface area contributed by atoms with E-state index in [1.54, 1.807) is 38.3 Å². The lowest BCUT2D eigenvalue weighted by Gasteiger charge is -2.26. The van der Waals surface area contributed by atoms with Crippen LogP contribution in [0.4, 0.5) is 20.2 Å². The van der Waals surface area contributed by atoms with Gasteiger partial charge in [-0.3, -0.25) is 9.59 Å². The van der Waals surface area contributed by atoms with Crippen molar-refractivity contribution in [3.8, 4) is 5.75 Å². The number of hydrogen-bond donors (Lipinski definition) is 1. The quantitative estimate of drug-likeness (QED) is 0.602. The molecule has 5 nitrogen and oxygen atoms in total. The van der Waals surface area contributed by atoms with Crippen molar-refractivity contribution in [1.29, 1.82) is 0 Å². The molecule has 2 amide bonds. The summed E-state index contributed by atoms with van der Waals surface area (Å²) < 4.78 is 35.1. The number of aryl methyl sites for hydroxylation is 1. The summed E-state index contributed by atoms with van der Waals surface area (Å²) >= 11 is 1.33. The Morgan fingerprint density at radius 2 is 1.85 bits per heavy atom. The van der Waals surface area contributed by atoms with Crippen molar-refractivity contribution in [2.75, 3.05) is 16.5 Å². The smallest absolute Gasteiger partial charge is 0.244 e. The molecule has 0 aliphatic carbocycles. The minimum absolute atomic E-state index is 0.0481. The number of carbonyl (C=O) groups excluding carboxylic acids is 2. The van der Waals surface area contributed by atoms with Gasteiger partial charge in [0.15, 0.2) is 11.6 Å². The first-order valence-electron chi connectivity index (χ1n) is 10.8. The second-order valence-corrected chi connectivity index (χ2v) is 10.5. The maximum absolute atomic E-state index is 15.8. The van der Waals surface area contributed by atoms with Gasteiger partial charge in [-0.15, -0.1) is 11.8 Å². The van der Waals surface area contributed by atoms with Crippen molar-refractivity contribution in [2.45, 2.75) is 58.9 Å². The SMILES string of the molecule is CSC1C(=O)N(Cc2ccc(F)cc2)c2cc(C)c(NC(=O)CC(C)(C)C)c(F)c2OC1C. The Bertz CT molecular complexity index is 1050. The van der Waals surface area contributed by atoms with Crippen LogP contribution in [0.1, 0.15) is 45.2 Å². The second kappa shape index (κ2) is 9.71. The van der Waals surface area contributed by atoms with Gasteiger partial charge < -0.3 is 15.0 Å². The first kappa shape index (κ1) is 25.0. The summed E-state index contributed by atoms with van der Waals surface area (Å²) in [6.07, 6.45) is 1.43. The minimum atomic E-state index is -0.710. The number of benzene rings is 2. The third-order valence-electron chi connectivity index (χ3n) is 5.39. The van der Waals surface area contributed by atoms with Gasteiger partial charge in [0.05, 0.1) is 17.9 Å². The van der Waals surface area contributed by atoms with Crippen LogP contribution >= 0.6 is 11.8 Å². The first-order valence-corrected chi connectivity index (χ1v) is 12.1. The molecule has 3 rings (SSSR count). The van der Waals surface area contributed by atoms with E-state index in [0.29, 0.717) is 11.1 Å². The van der Waals surface area contributed by atoms with Gasteiger partial charge in [0.25, 0.3) is 0 Å². The number of ether oxygens (including phenoxy) is 1. The molecule has 0 radical (unpaired) electrons. The van der Waals surface area contributed by atoms with Crippen LogP contribution in [-0.2, 0) is 16.1 Å². The van der Waals surface area contributed by atoms with Gasteiger partial charge in [-0.05, 0) is 54.8 Å². The van der Waals surface area contributed by atoms with E-state index in [1.807, 2.05) is 20.8 Å². The Labute approximate surface area is 197 Å². The average Bonchev–Trinajstić information content (AvgIpc) is 2.80. The standard InChI is InChI=1S/C25H30F2N2O3S/c1-14-11-18-22(20(27)21(14)28-19(30)12-25(3,4)5)32-15(2)23(33-6)24(31)29(18)13-16-7-9-17(26)10-8-16/h7-11,15,23H,12-13H2,1-6H3,(H,28,30). The van der Waals surface area contributed by atoms with Gasteiger partial charge >= 0.3 is 0 Å². The van der Waals surface area contributed by atoms with E-state index >= 15 is 4.39 Å². The Morgan fingerprint density at radius 3 is 2.42 bits per heavy atom. The van der Waals surface area contributed by atoms with Gasteiger partial charge in [0.2, 0.25) is 11.8 Å². The molecule has 0 aromatic heterocycles. The summed E-state index contributed by atoms with van der Waals surface area (Å²) in [6.45, 7) is 9.32. The molecule has 178 valence electrons. The van der Waals surface area contributed by atoms with E-state index in [-0.39, 0.29) is 53.1 Å². The van der Waals surface area contributed by atoms with Crippen molar-refractivity contribution in [3.05, 3.63) is 53.1 Å². The molecule has 0 saturated carbocycles. The number of fused-ring (bicyclic) bond motifs is 1. The molecule has 0 bridgehead atoms. The Morgan fingerprint density at radius 1 is 1.21 bits per heavy atom. The lowest BCUT2D eigenvalue weighted by Crippen LogP contribution is -2.41. The zero-order valence-electron chi connectivity index (χ0n) is 19.8. The van der Waals surface area contributed by atoms with Crippen LogP contribution in [0.25, 0.3) is 0 Å². The molecular weight excluding hydrogens is 446 g/mol. The molecule has 8 heteroatoms. The van der Waals surface area contributed by atoms with Crippen LogP contribution < -0.4 is 15.0 Å². The normalized spacial score (nSPS) is 18.4. The van der Waals surface area contributed by atoms with Crippen LogP contribution in [0.3, 0.4) is 0 Å². The molecule has 2 atom stereocenters. The fourth-order valence-electron chi connectivity index (χ4n) is 3.82. The maximum Gasteiger partial charge on any atom is 0.244 e. The number of amides is 2. The molecule has 2 aromatic carbocycles. The highest BCUT2D eigenvalue weighted by molar-refractivity contribution is 8.00. The number of nitrogens with one attached hydrogen (secondary N) is 1. The lowest BCUT2D eigenvalue weighted by molar-refractivity contribution is -0.119. The van der Waals surface area contributed by atoms with Gasteiger partial charge in [0.1, 0.15) is 17.2 Å². The summed E-state index contributed by atoms with van der Waals surface area (Å²) in [5.41, 5.74) is 1.26. The first-order chi connectivity index (χ1) is 15.4. The van der Waals surface area contributed by atoms with Crippen LogP contribution in [0.2, 0.25) is 0 Å². The summed E-state index contributed by atoms with van der Waals surface area (Å²) in [6, 6.07) is 7.49. The van der Waals surface area contributed by atoms with E-state index in [2.05, 4.69) is 5.32 Å². The third-order valence-corrected chi connectivity index (χ3v) is 6.49. The third kappa shape index (κ3) is 5.66. The largest absolute Gasteiger partial charge is 0.484 e. The van der Waals surface area contributed by atoms with Crippen molar-refractivity contribution >= 4 is 35.0 Å². The van der Waals surface area contributed by atoms with Gasteiger partial charge in [-0.2, -0.15) is 0 Å². The van der Waals surface area contributed by atoms with Crippen LogP contribution in [-0.4, -0.2) is 29.4 Å². The number of halogens is 2. The molecule has 1 N–H and O–H groups in total. The molecular formula is C25H30F2N2O3S. The Hall–Kier alpha value is -2.61. The predicted molar refractivity (Wildman–Crippen MR) is 129 cm³/mol. The summed E-state index contributed by atoms with van der Waals surface area (Å²) in [5.74, 6) is -1.68. The molecule has 33 heavy (non-hydrogen) atoms. The fourth-order valence-corrected chi connectivity index (χ4v) is 4.59. The molecule has 1 aliphatic rings. The van der Waals surface area contributed by atoms with Crippen molar-refractivity contribution in [2.24, 2.45) is 5.41 Å². The average molecular weight is 477 g/mol. The Kier molecular flexibility index (Phi) is 7.36. The topological polar surface area (TPSA) is 58.6 Å². The molecule has 2 unspecified atom stereocenters. The second-order valence-electron chi connectivity index (χ2n) is 9.55. The van der Waals surface area contributed by atoms with Crippen LogP contribution in [0, 0.1) is 24.0 Å². The molecule has 1 aliphatic heterocycles. The minimum Gasteiger partial charge on any atom is -0.484 e. The highest BCUT2D eigenvalue weighted by Crippen LogP contribution is 2.43. The summed E-state index contributed by atoms with van der Waals surface area (Å²) in [4.78, 5) is 27.4. The monoisotopic (exact) mass is 476 g/mol. The van der Waals surface area contributed by atoms with Crippen LogP contribution in [0.15, 0.2) is 30.3 Å². The van der Waals surface area contributed by atoms with E-state index in [0.717, 1.165) is 0 Å². The number of anilines is 2. The van der Waals surface area contributed by atoms with Crippen molar-refractivity contribution in [1.82, 2.24) is 0 Å². The molecule has 0 fully saturated rings. The lowest BCUT2D eigenvalue weighted by atomic mass is 9.92. The number of hydrogen-bond acceptors (Lipinski definition) is 4. The predicted octanol–water partition coefficient (Wildman–Crippen LogP) is 5.69. The van der Waals surface area contributed by atoms with Crippen molar-refractivity contribution in [3.63, 3.8) is 0 Å². The molecule has 0 saturated heterocycles. The van der Waals surface area contributed by atoms with Gasteiger partial charge in [0, 0.05) is 6.42 Å². The Balaban J connectivity index is 2.07. The van der Waals surface area contributed by atoms with E-state index in [9.17, 15) is 14.0 Å². The maximum atomic E-state index is 15.8. The van der Waals surface area contributed by atoms with E-state index in [4.69, 9.17) is 4.74 Å². The van der Waals surface area contributed by atoms with Gasteiger partial charge in [-0.1, -0.05) is 32.9 Å². The summed E-state index contributed by atoms with van der Waals surface area (Å²) in [5, 5.41) is 2.12. The summed E-state index contributed by atoms with van der Waals surface area (Å²) in [7, 11) is 0. The molecule has 2 aromatic rings. The fraction of sp³-hybridized carbons (Fsp3) is 0.440. The highest BCUT2D eigenvalue weighted by Gasteiger charge is 2.38.